The fourth-order valence-electron chi connectivity index (χ4n) is 7.58. The molecule has 2 nitrogen and oxygen atoms in total. The third kappa shape index (κ3) is 6.39. The first-order valence-corrected chi connectivity index (χ1v) is 16.8. The second kappa shape index (κ2) is 11.6. The Morgan fingerprint density at radius 2 is 1.08 bits per heavy atom. The van der Waals surface area contributed by atoms with Crippen LogP contribution < -0.4 is 20.1 Å². The topological polar surface area (TPSA) is 18.5 Å². The molecule has 1 aliphatic rings. The molecule has 0 bridgehead atoms. The first-order valence-electron chi connectivity index (χ1n) is 14.0. The molecule has 0 aromatic heterocycles. The van der Waals surface area contributed by atoms with Crippen molar-refractivity contribution in [2.45, 2.75) is 117 Å². The van der Waals surface area contributed by atoms with Gasteiger partial charge in [-0.05, 0) is 133 Å². The fraction of sp³-hybridized carbons (Fsp3) is 0.636. The minimum absolute atomic E-state index is 0.174. The van der Waals surface area contributed by atoms with Crippen molar-refractivity contribution in [1.82, 2.24) is 0 Å². The van der Waals surface area contributed by atoms with E-state index >= 15 is 0 Å². The molecule has 0 N–H and O–H groups in total. The van der Waals surface area contributed by atoms with Gasteiger partial charge in [0.15, 0.2) is 0 Å². The maximum atomic E-state index is 5.77. The quantitative estimate of drug-likeness (QED) is 0.325. The third-order valence-corrected chi connectivity index (χ3v) is 15.2. The second-order valence-electron chi connectivity index (χ2n) is 13.2. The minimum Gasteiger partial charge on any atom is -0.496 e. The molecule has 0 saturated heterocycles. The summed E-state index contributed by atoms with van der Waals surface area (Å²) in [6, 6.07) is 9.73. The summed E-state index contributed by atoms with van der Waals surface area (Å²) in [5.74, 6) is 2.81. The van der Waals surface area contributed by atoms with Crippen LogP contribution in [0.3, 0.4) is 0 Å². The van der Waals surface area contributed by atoms with E-state index in [0.717, 1.165) is 23.1 Å². The Morgan fingerprint density at radius 3 is 1.41 bits per heavy atom. The Kier molecular flexibility index (Phi) is 9.51. The first-order chi connectivity index (χ1) is 17.1. The van der Waals surface area contributed by atoms with Gasteiger partial charge >= 0.3 is 0 Å². The van der Waals surface area contributed by atoms with Crippen molar-refractivity contribution >= 4 is 26.5 Å². The first kappa shape index (κ1) is 30.4. The number of aryl methyl sites for hydroxylation is 4. The summed E-state index contributed by atoms with van der Waals surface area (Å²) in [6.07, 6.45) is 4.03. The summed E-state index contributed by atoms with van der Waals surface area (Å²) in [7, 11) is 2.90. The maximum absolute atomic E-state index is 5.77. The molecule has 3 atom stereocenters. The summed E-state index contributed by atoms with van der Waals surface area (Å²) in [5, 5.41) is 3.69. The molecule has 0 heterocycles. The normalized spacial score (nSPS) is 19.5. The SMILES string of the molecule is COc1c(C)cc(P(c2cc(C)c(OC)c(C)c2)[C@H]2CCCC2[C@@H](C)P(C(C)(C)C)C(C)(C)C)cc1C. The van der Waals surface area contributed by atoms with Crippen molar-refractivity contribution in [1.29, 1.82) is 0 Å². The van der Waals surface area contributed by atoms with Gasteiger partial charge in [-0.1, -0.05) is 62.8 Å². The standard InChI is InChI=1S/C33H52O2P2/c1-21-17-26(18-22(2)30(21)34-12)36(27-19-23(3)31(35-13)24(4)20-27)29-16-14-15-28(29)25(5)37(32(6,7)8)33(9,10)11/h17-20,25,28-29H,14-16H2,1-13H3/t25-,28?,29+/m1/s1. The number of ether oxygens (including phenoxy) is 2. The molecule has 206 valence electrons. The van der Waals surface area contributed by atoms with Crippen LogP contribution in [0, 0.1) is 33.6 Å². The highest BCUT2D eigenvalue weighted by molar-refractivity contribution is 7.73. The number of rotatable bonds is 7. The van der Waals surface area contributed by atoms with Crippen molar-refractivity contribution in [3.05, 3.63) is 46.5 Å². The zero-order valence-electron chi connectivity index (χ0n) is 25.9. The van der Waals surface area contributed by atoms with Crippen LogP contribution in [0.25, 0.3) is 0 Å². The van der Waals surface area contributed by atoms with Crippen molar-refractivity contribution < 1.29 is 9.47 Å². The highest BCUT2D eigenvalue weighted by atomic mass is 31.1. The Hall–Kier alpha value is -1.10. The average Bonchev–Trinajstić information content (AvgIpc) is 3.21. The van der Waals surface area contributed by atoms with Crippen LogP contribution in [0.15, 0.2) is 24.3 Å². The minimum atomic E-state index is -0.521. The van der Waals surface area contributed by atoms with Gasteiger partial charge in [0.25, 0.3) is 0 Å². The number of methoxy groups -OCH3 is 2. The molecule has 0 spiro atoms. The van der Waals surface area contributed by atoms with E-state index < -0.39 is 7.92 Å². The van der Waals surface area contributed by atoms with Crippen LogP contribution in [0.5, 0.6) is 11.5 Å². The summed E-state index contributed by atoms with van der Waals surface area (Å²) < 4.78 is 11.5. The molecule has 3 rings (SSSR count). The molecule has 1 fully saturated rings. The van der Waals surface area contributed by atoms with Crippen LogP contribution in [-0.2, 0) is 0 Å². The van der Waals surface area contributed by atoms with E-state index in [-0.39, 0.29) is 7.92 Å². The molecule has 1 saturated carbocycles. The van der Waals surface area contributed by atoms with Crippen molar-refractivity contribution in [2.24, 2.45) is 5.92 Å². The van der Waals surface area contributed by atoms with Crippen molar-refractivity contribution in [3.8, 4) is 11.5 Å². The summed E-state index contributed by atoms with van der Waals surface area (Å²) >= 11 is 0. The van der Waals surface area contributed by atoms with E-state index in [0.29, 0.717) is 16.0 Å². The van der Waals surface area contributed by atoms with Gasteiger partial charge in [-0.3, -0.25) is 0 Å². The predicted octanol–water partition coefficient (Wildman–Crippen LogP) is 9.01. The Bertz CT molecular complexity index is 973. The van der Waals surface area contributed by atoms with Gasteiger partial charge in [-0.15, -0.1) is 0 Å². The van der Waals surface area contributed by atoms with E-state index in [9.17, 15) is 0 Å². The average molecular weight is 543 g/mol. The van der Waals surface area contributed by atoms with Gasteiger partial charge < -0.3 is 9.47 Å². The van der Waals surface area contributed by atoms with E-state index in [2.05, 4.69) is 100 Å². The van der Waals surface area contributed by atoms with Crippen LogP contribution >= 0.6 is 15.8 Å². The second-order valence-corrected chi connectivity index (χ2v) is 19.9. The van der Waals surface area contributed by atoms with Gasteiger partial charge in [0.1, 0.15) is 11.5 Å². The lowest BCUT2D eigenvalue weighted by Gasteiger charge is -2.49. The summed E-state index contributed by atoms with van der Waals surface area (Å²) in [4.78, 5) is 0. The molecular weight excluding hydrogens is 490 g/mol. The summed E-state index contributed by atoms with van der Waals surface area (Å²) in [6.45, 7) is 26.4. The van der Waals surface area contributed by atoms with Crippen LogP contribution in [0.4, 0.5) is 0 Å². The molecule has 0 radical (unpaired) electrons. The van der Waals surface area contributed by atoms with Gasteiger partial charge in [0.05, 0.1) is 14.2 Å². The third-order valence-electron chi connectivity index (χ3n) is 8.19. The molecule has 2 aromatic carbocycles. The Balaban J connectivity index is 2.20. The predicted molar refractivity (Wildman–Crippen MR) is 168 cm³/mol. The maximum Gasteiger partial charge on any atom is 0.124 e. The fourth-order valence-corrected chi connectivity index (χ4v) is 16.5. The number of hydrogen-bond acceptors (Lipinski definition) is 2. The van der Waals surface area contributed by atoms with Gasteiger partial charge in [0.2, 0.25) is 0 Å². The Labute approximate surface area is 230 Å². The van der Waals surface area contributed by atoms with Crippen LogP contribution in [0.2, 0.25) is 0 Å². The largest absolute Gasteiger partial charge is 0.496 e. The lowest BCUT2D eigenvalue weighted by Crippen LogP contribution is -2.37. The molecule has 1 unspecified atom stereocenters. The molecule has 4 heteroatoms. The molecular formula is C33H52O2P2. The number of hydrogen-bond donors (Lipinski definition) is 0. The van der Waals surface area contributed by atoms with Crippen molar-refractivity contribution in [3.63, 3.8) is 0 Å². The smallest absolute Gasteiger partial charge is 0.124 e. The molecule has 0 amide bonds. The Morgan fingerprint density at radius 1 is 0.703 bits per heavy atom. The number of benzene rings is 2. The molecule has 37 heavy (non-hydrogen) atoms. The highest BCUT2D eigenvalue weighted by Crippen LogP contribution is 2.67. The molecule has 1 aliphatic carbocycles. The van der Waals surface area contributed by atoms with E-state index in [1.54, 1.807) is 14.2 Å². The van der Waals surface area contributed by atoms with Crippen molar-refractivity contribution in [2.75, 3.05) is 14.2 Å². The monoisotopic (exact) mass is 542 g/mol. The molecule has 0 aliphatic heterocycles. The highest BCUT2D eigenvalue weighted by Gasteiger charge is 2.46. The van der Waals surface area contributed by atoms with E-state index in [1.807, 2.05) is 0 Å². The van der Waals surface area contributed by atoms with Crippen LogP contribution in [0.1, 0.15) is 90.0 Å². The lowest BCUT2D eigenvalue weighted by atomic mass is 10.0. The van der Waals surface area contributed by atoms with E-state index in [1.165, 1.54) is 52.1 Å². The van der Waals surface area contributed by atoms with Gasteiger partial charge in [0, 0.05) is 0 Å². The summed E-state index contributed by atoms with van der Waals surface area (Å²) in [5.41, 5.74) is 6.43. The zero-order valence-corrected chi connectivity index (χ0v) is 27.7. The zero-order chi connectivity index (χ0) is 27.9. The van der Waals surface area contributed by atoms with Gasteiger partial charge in [-0.2, -0.15) is 0 Å². The van der Waals surface area contributed by atoms with E-state index in [4.69, 9.17) is 9.47 Å². The molecule has 2 aromatic rings. The van der Waals surface area contributed by atoms with Gasteiger partial charge in [-0.25, -0.2) is 0 Å². The van der Waals surface area contributed by atoms with Crippen LogP contribution in [-0.4, -0.2) is 35.8 Å². The lowest BCUT2D eigenvalue weighted by molar-refractivity contribution is 0.408.